The van der Waals surface area contributed by atoms with Crippen LogP contribution in [0.15, 0.2) is 59.7 Å². The van der Waals surface area contributed by atoms with Crippen molar-refractivity contribution in [1.29, 1.82) is 0 Å². The van der Waals surface area contributed by atoms with E-state index < -0.39 is 11.4 Å². The van der Waals surface area contributed by atoms with E-state index in [0.29, 0.717) is 28.9 Å². The second-order valence-electron chi connectivity index (χ2n) is 9.63. The molecule has 2 aromatic carbocycles. The maximum absolute atomic E-state index is 12.9. The van der Waals surface area contributed by atoms with Gasteiger partial charge in [0, 0.05) is 11.1 Å². The van der Waals surface area contributed by atoms with Crippen molar-refractivity contribution in [3.05, 3.63) is 82.0 Å². The number of carbonyl (C=O) groups excluding carboxylic acids is 1. The first-order chi connectivity index (χ1) is 16.5. The quantitative estimate of drug-likeness (QED) is 0.215. The molecule has 184 valence electrons. The molecule has 1 atom stereocenters. The van der Waals surface area contributed by atoms with Crippen molar-refractivity contribution in [2.75, 3.05) is 0 Å². The molecule has 3 rings (SSSR count). The van der Waals surface area contributed by atoms with Gasteiger partial charge in [-0.05, 0) is 89.8 Å². The van der Waals surface area contributed by atoms with E-state index in [0.717, 1.165) is 18.4 Å². The van der Waals surface area contributed by atoms with Crippen LogP contribution in [0.1, 0.15) is 74.5 Å². The minimum atomic E-state index is -0.548. The molecule has 0 saturated heterocycles. The molecule has 35 heavy (non-hydrogen) atoms. The molecule has 0 amide bonds. The molecule has 5 nitrogen and oxygen atoms in total. The molecule has 0 fully saturated rings. The standard InChI is InChI=1S/C30H34O5/c1-19(2)7-6-17-30(5)18-16-22-21(10-14-27(33)29(22)35-30)9-13-25(31)24-12-15-26(32)23(28(24)34)11-8-20(3)4/h7-10,12-16,18,32-34H,6,11,17H2,1-5H3/t30-/m1/s1. The number of rotatable bonds is 8. The van der Waals surface area contributed by atoms with Gasteiger partial charge in [0.1, 0.15) is 17.1 Å². The van der Waals surface area contributed by atoms with E-state index in [1.54, 1.807) is 18.2 Å². The maximum atomic E-state index is 12.9. The van der Waals surface area contributed by atoms with Crippen LogP contribution in [-0.4, -0.2) is 26.7 Å². The Labute approximate surface area is 207 Å². The van der Waals surface area contributed by atoms with E-state index in [4.69, 9.17) is 4.74 Å². The lowest BCUT2D eigenvalue weighted by atomic mass is 9.92. The minimum Gasteiger partial charge on any atom is -0.508 e. The highest BCUT2D eigenvalue weighted by Crippen LogP contribution is 2.42. The van der Waals surface area contributed by atoms with E-state index in [9.17, 15) is 20.1 Å². The first-order valence-electron chi connectivity index (χ1n) is 11.8. The third kappa shape index (κ3) is 6.24. The summed E-state index contributed by atoms with van der Waals surface area (Å²) in [6.45, 7) is 9.95. The lowest BCUT2D eigenvalue weighted by molar-refractivity contribution is 0.104. The van der Waals surface area contributed by atoms with Crippen molar-refractivity contribution in [3.63, 3.8) is 0 Å². The summed E-state index contributed by atoms with van der Waals surface area (Å²) in [5.41, 5.74) is 3.57. The number of phenols is 3. The summed E-state index contributed by atoms with van der Waals surface area (Å²) >= 11 is 0. The van der Waals surface area contributed by atoms with E-state index in [-0.39, 0.29) is 22.8 Å². The zero-order valence-corrected chi connectivity index (χ0v) is 21.1. The fourth-order valence-corrected chi connectivity index (χ4v) is 3.92. The van der Waals surface area contributed by atoms with Crippen molar-refractivity contribution in [2.24, 2.45) is 0 Å². The van der Waals surface area contributed by atoms with Crippen LogP contribution in [0.3, 0.4) is 0 Å². The first kappa shape index (κ1) is 25.9. The summed E-state index contributed by atoms with van der Waals surface area (Å²) in [5, 5.41) is 31.2. The van der Waals surface area contributed by atoms with Gasteiger partial charge in [-0.2, -0.15) is 0 Å². The lowest BCUT2D eigenvalue weighted by Gasteiger charge is -2.32. The number of aromatic hydroxyl groups is 3. The molecule has 1 aliphatic rings. The summed E-state index contributed by atoms with van der Waals surface area (Å²) in [6, 6.07) is 6.10. The Morgan fingerprint density at radius 3 is 2.34 bits per heavy atom. The van der Waals surface area contributed by atoms with Gasteiger partial charge in [-0.15, -0.1) is 0 Å². The number of carbonyl (C=O) groups is 1. The fourth-order valence-electron chi connectivity index (χ4n) is 3.92. The Bertz CT molecular complexity index is 1240. The highest BCUT2D eigenvalue weighted by molar-refractivity contribution is 6.09. The van der Waals surface area contributed by atoms with Gasteiger partial charge in [-0.25, -0.2) is 0 Å². The number of hydrogen-bond donors (Lipinski definition) is 3. The van der Waals surface area contributed by atoms with Crippen molar-refractivity contribution in [1.82, 2.24) is 0 Å². The third-order valence-corrected chi connectivity index (χ3v) is 5.99. The van der Waals surface area contributed by atoms with Crippen LogP contribution < -0.4 is 4.74 Å². The molecule has 5 heteroatoms. The molecule has 1 heterocycles. The van der Waals surface area contributed by atoms with Crippen molar-refractivity contribution >= 4 is 17.9 Å². The van der Waals surface area contributed by atoms with Crippen LogP contribution in [0.2, 0.25) is 0 Å². The predicted molar refractivity (Wildman–Crippen MR) is 141 cm³/mol. The normalized spacial score (nSPS) is 16.5. The summed E-state index contributed by atoms with van der Waals surface area (Å²) in [7, 11) is 0. The Morgan fingerprint density at radius 2 is 1.66 bits per heavy atom. The Balaban J connectivity index is 1.87. The Kier molecular flexibility index (Phi) is 7.90. The second-order valence-corrected chi connectivity index (χ2v) is 9.63. The second kappa shape index (κ2) is 10.7. The Hall–Kier alpha value is -3.73. The molecule has 0 radical (unpaired) electrons. The van der Waals surface area contributed by atoms with Crippen molar-refractivity contribution < 1.29 is 24.9 Å². The van der Waals surface area contributed by atoms with Gasteiger partial charge in [0.05, 0.1) is 5.56 Å². The van der Waals surface area contributed by atoms with Gasteiger partial charge in [0.25, 0.3) is 0 Å². The van der Waals surface area contributed by atoms with E-state index in [1.165, 1.54) is 23.8 Å². The molecule has 0 unspecified atom stereocenters. The average molecular weight is 475 g/mol. The van der Waals surface area contributed by atoms with Gasteiger partial charge in [-0.1, -0.05) is 41.5 Å². The largest absolute Gasteiger partial charge is 0.508 e. The van der Waals surface area contributed by atoms with E-state index >= 15 is 0 Å². The van der Waals surface area contributed by atoms with Gasteiger partial charge in [0.15, 0.2) is 17.3 Å². The lowest BCUT2D eigenvalue weighted by Crippen LogP contribution is -2.31. The summed E-state index contributed by atoms with van der Waals surface area (Å²) in [5.74, 6) is -0.238. The summed E-state index contributed by atoms with van der Waals surface area (Å²) < 4.78 is 6.20. The molecule has 3 N–H and O–H groups in total. The predicted octanol–water partition coefficient (Wildman–Crippen LogP) is 7.12. The summed E-state index contributed by atoms with van der Waals surface area (Å²) in [4.78, 5) is 12.9. The topological polar surface area (TPSA) is 87.0 Å². The number of allylic oxidation sites excluding steroid dienone is 5. The van der Waals surface area contributed by atoms with Gasteiger partial charge < -0.3 is 20.1 Å². The van der Waals surface area contributed by atoms with E-state index in [2.05, 4.69) is 19.9 Å². The first-order valence-corrected chi connectivity index (χ1v) is 11.8. The molecule has 0 saturated carbocycles. The highest BCUT2D eigenvalue weighted by Gasteiger charge is 2.29. The van der Waals surface area contributed by atoms with Crippen molar-refractivity contribution in [3.8, 4) is 23.0 Å². The SMILES string of the molecule is CC(C)=CCC[C@]1(C)C=Cc2c(C=CC(=O)c3ccc(O)c(CC=C(C)C)c3O)ccc(O)c2O1. The fraction of sp³-hybridized carbons (Fsp3) is 0.300. The zero-order chi connectivity index (χ0) is 25.8. The average Bonchev–Trinajstić information content (AvgIpc) is 2.78. The smallest absolute Gasteiger partial charge is 0.189 e. The molecule has 0 bridgehead atoms. The van der Waals surface area contributed by atoms with Crippen molar-refractivity contribution in [2.45, 2.75) is 59.5 Å². The van der Waals surface area contributed by atoms with E-state index in [1.807, 2.05) is 39.0 Å². The monoisotopic (exact) mass is 474 g/mol. The molecule has 0 aliphatic carbocycles. The number of hydrogen-bond acceptors (Lipinski definition) is 5. The number of phenolic OH excluding ortho intramolecular Hbond substituents is 3. The van der Waals surface area contributed by atoms with Gasteiger partial charge >= 0.3 is 0 Å². The number of ketones is 1. The van der Waals surface area contributed by atoms with Crippen LogP contribution in [-0.2, 0) is 6.42 Å². The molecule has 2 aromatic rings. The van der Waals surface area contributed by atoms with Gasteiger partial charge in [0.2, 0.25) is 0 Å². The van der Waals surface area contributed by atoms with Crippen LogP contribution >= 0.6 is 0 Å². The number of benzene rings is 2. The Morgan fingerprint density at radius 1 is 0.971 bits per heavy atom. The minimum absolute atomic E-state index is 0.0429. The number of fused-ring (bicyclic) bond motifs is 1. The molecule has 0 spiro atoms. The third-order valence-electron chi connectivity index (χ3n) is 5.99. The van der Waals surface area contributed by atoms with Crippen LogP contribution in [0.25, 0.3) is 12.2 Å². The molecule has 1 aliphatic heterocycles. The van der Waals surface area contributed by atoms with Crippen LogP contribution in [0.5, 0.6) is 23.0 Å². The summed E-state index contributed by atoms with van der Waals surface area (Å²) in [6.07, 6.45) is 12.9. The molecule has 0 aromatic heterocycles. The molecular formula is C30H34O5. The maximum Gasteiger partial charge on any atom is 0.189 e. The highest BCUT2D eigenvalue weighted by atomic mass is 16.5. The van der Waals surface area contributed by atoms with Crippen LogP contribution in [0, 0.1) is 0 Å². The molecular weight excluding hydrogens is 440 g/mol. The van der Waals surface area contributed by atoms with Gasteiger partial charge in [-0.3, -0.25) is 4.79 Å². The number of ether oxygens (including phenoxy) is 1. The zero-order valence-electron chi connectivity index (χ0n) is 21.1. The van der Waals surface area contributed by atoms with Crippen LogP contribution in [0.4, 0.5) is 0 Å².